The summed E-state index contributed by atoms with van der Waals surface area (Å²) in [6, 6.07) is 5.93. The van der Waals surface area contributed by atoms with Gasteiger partial charge in [-0.05, 0) is 41.9 Å². The highest BCUT2D eigenvalue weighted by atomic mass is 79.9. The highest BCUT2D eigenvalue weighted by Crippen LogP contribution is 2.30. The van der Waals surface area contributed by atoms with Gasteiger partial charge in [-0.1, -0.05) is 26.0 Å². The molecule has 2 N–H and O–H groups in total. The van der Waals surface area contributed by atoms with Gasteiger partial charge in [-0.15, -0.1) is 0 Å². The largest absolute Gasteiger partial charge is 0.489 e. The number of rotatable bonds is 6. The van der Waals surface area contributed by atoms with Crippen molar-refractivity contribution >= 4 is 15.9 Å². The van der Waals surface area contributed by atoms with Gasteiger partial charge < -0.3 is 15.2 Å². The van der Waals surface area contributed by atoms with Crippen LogP contribution < -0.4 is 10.1 Å². The molecule has 0 aliphatic heterocycles. The summed E-state index contributed by atoms with van der Waals surface area (Å²) in [5.74, 6) is 0.945. The van der Waals surface area contributed by atoms with Crippen LogP contribution in [0.25, 0.3) is 0 Å². The molecule has 1 aromatic rings. The number of para-hydroxylation sites is 1. The third kappa shape index (κ3) is 3.97. The molecule has 0 amide bonds. The van der Waals surface area contributed by atoms with Crippen LogP contribution in [0.3, 0.4) is 0 Å². The number of nitrogens with one attached hydrogen (secondary N) is 1. The Morgan fingerprint density at radius 2 is 2.11 bits per heavy atom. The average molecular weight is 316 g/mol. The van der Waals surface area contributed by atoms with E-state index in [-0.39, 0.29) is 12.5 Å². The lowest BCUT2D eigenvalue weighted by Crippen LogP contribution is -2.38. The molecule has 1 unspecified atom stereocenters. The maximum absolute atomic E-state index is 10.2. The molecule has 0 heterocycles. The van der Waals surface area contributed by atoms with Crippen LogP contribution in [0.4, 0.5) is 0 Å². The molecule has 102 valence electrons. The number of ether oxygens (including phenoxy) is 1. The Morgan fingerprint density at radius 3 is 2.67 bits per heavy atom. The minimum absolute atomic E-state index is 0.146. The molecule has 1 atom stereocenters. The van der Waals surface area contributed by atoms with E-state index >= 15 is 0 Å². The molecule has 18 heavy (non-hydrogen) atoms. The van der Waals surface area contributed by atoms with Crippen LogP contribution in [0.2, 0.25) is 0 Å². The number of hydrogen-bond donors (Lipinski definition) is 2. The monoisotopic (exact) mass is 315 g/mol. The summed E-state index contributed by atoms with van der Waals surface area (Å²) < 4.78 is 6.72. The Hall–Kier alpha value is -0.580. The van der Waals surface area contributed by atoms with Crippen molar-refractivity contribution in [1.82, 2.24) is 5.32 Å². The van der Waals surface area contributed by atoms with Crippen molar-refractivity contribution in [3.05, 3.63) is 28.2 Å². The topological polar surface area (TPSA) is 41.5 Å². The highest BCUT2D eigenvalue weighted by Gasteiger charge is 2.26. The molecule has 0 aromatic heterocycles. The summed E-state index contributed by atoms with van der Waals surface area (Å²) in [6.45, 7) is 6.78. The summed E-state index contributed by atoms with van der Waals surface area (Å²) in [6.07, 6.45) is 0. The van der Waals surface area contributed by atoms with E-state index in [9.17, 15) is 5.11 Å². The minimum atomic E-state index is -0.827. The first-order valence-electron chi connectivity index (χ1n) is 6.15. The number of benzene rings is 1. The van der Waals surface area contributed by atoms with E-state index in [1.165, 1.54) is 0 Å². The van der Waals surface area contributed by atoms with Gasteiger partial charge in [0.2, 0.25) is 0 Å². The van der Waals surface area contributed by atoms with Gasteiger partial charge in [0.05, 0.1) is 10.1 Å². The molecule has 4 heteroatoms. The van der Waals surface area contributed by atoms with Crippen molar-refractivity contribution in [2.24, 2.45) is 5.92 Å². The fourth-order valence-electron chi connectivity index (χ4n) is 1.43. The predicted molar refractivity (Wildman–Crippen MR) is 77.9 cm³/mol. The Bertz CT molecular complexity index is 391. The van der Waals surface area contributed by atoms with E-state index in [1.54, 1.807) is 6.92 Å². The maximum Gasteiger partial charge on any atom is 0.138 e. The molecule has 3 nitrogen and oxygen atoms in total. The molecule has 1 aromatic carbocycles. The second kappa shape index (κ2) is 6.55. The van der Waals surface area contributed by atoms with Gasteiger partial charge in [0.15, 0.2) is 0 Å². The van der Waals surface area contributed by atoms with E-state index in [4.69, 9.17) is 4.74 Å². The van der Waals surface area contributed by atoms with E-state index in [1.807, 2.05) is 39.1 Å². The number of aliphatic hydroxyl groups is 1. The van der Waals surface area contributed by atoms with Crippen LogP contribution in [0, 0.1) is 5.92 Å². The fourth-order valence-corrected chi connectivity index (χ4v) is 1.95. The summed E-state index contributed by atoms with van der Waals surface area (Å²) in [7, 11) is 1.90. The van der Waals surface area contributed by atoms with Crippen LogP contribution >= 0.6 is 15.9 Å². The Labute approximate surface area is 118 Å². The molecule has 0 saturated carbocycles. The molecule has 0 aliphatic rings. The maximum atomic E-state index is 10.2. The summed E-state index contributed by atoms with van der Waals surface area (Å²) >= 11 is 3.49. The van der Waals surface area contributed by atoms with Gasteiger partial charge in [0.25, 0.3) is 0 Å². The third-order valence-corrected chi connectivity index (χ3v) is 3.79. The molecule has 0 bridgehead atoms. The van der Waals surface area contributed by atoms with Gasteiger partial charge in [0.1, 0.15) is 12.4 Å². The molecular formula is C14H22BrNO2. The Kier molecular flexibility index (Phi) is 5.63. The normalized spacial score (nSPS) is 14.6. The van der Waals surface area contributed by atoms with Gasteiger partial charge in [-0.2, -0.15) is 0 Å². The van der Waals surface area contributed by atoms with Crippen LogP contribution in [0.1, 0.15) is 26.3 Å². The summed E-state index contributed by atoms with van der Waals surface area (Å²) in [5.41, 5.74) is 0.248. The second-order valence-corrected chi connectivity index (χ2v) is 5.91. The van der Waals surface area contributed by atoms with Crippen molar-refractivity contribution in [3.63, 3.8) is 0 Å². The zero-order valence-corrected chi connectivity index (χ0v) is 13.0. The van der Waals surface area contributed by atoms with Crippen molar-refractivity contribution in [2.45, 2.75) is 32.9 Å². The molecule has 0 spiro atoms. The lowest BCUT2D eigenvalue weighted by atomic mass is 9.94. The SMILES string of the molecule is CNCc1cccc(Br)c1OCC(C)(O)C(C)C. The van der Waals surface area contributed by atoms with E-state index < -0.39 is 5.60 Å². The zero-order chi connectivity index (χ0) is 13.8. The molecule has 0 fully saturated rings. The zero-order valence-electron chi connectivity index (χ0n) is 11.5. The summed E-state index contributed by atoms with van der Waals surface area (Å²) in [5, 5.41) is 13.3. The van der Waals surface area contributed by atoms with E-state index in [0.29, 0.717) is 0 Å². The van der Waals surface area contributed by atoms with E-state index in [2.05, 4.69) is 21.2 Å². The standard InChI is InChI=1S/C14H22BrNO2/c1-10(2)14(3,17)9-18-13-11(8-16-4)6-5-7-12(13)15/h5-7,10,16-17H,8-9H2,1-4H3. The Balaban J connectivity index is 2.84. The quantitative estimate of drug-likeness (QED) is 0.848. The lowest BCUT2D eigenvalue weighted by Gasteiger charge is -2.28. The van der Waals surface area contributed by atoms with Crippen molar-refractivity contribution < 1.29 is 9.84 Å². The third-order valence-electron chi connectivity index (χ3n) is 3.17. The first-order chi connectivity index (χ1) is 8.38. The minimum Gasteiger partial charge on any atom is -0.489 e. The molecule has 0 radical (unpaired) electrons. The predicted octanol–water partition coefficient (Wildman–Crippen LogP) is 2.95. The Morgan fingerprint density at radius 1 is 1.44 bits per heavy atom. The van der Waals surface area contributed by atoms with Crippen LogP contribution in [-0.4, -0.2) is 24.4 Å². The first-order valence-corrected chi connectivity index (χ1v) is 6.95. The van der Waals surface area contributed by atoms with Crippen molar-refractivity contribution in [2.75, 3.05) is 13.7 Å². The summed E-state index contributed by atoms with van der Waals surface area (Å²) in [4.78, 5) is 0. The van der Waals surface area contributed by atoms with Crippen LogP contribution in [0.15, 0.2) is 22.7 Å². The fraction of sp³-hybridized carbons (Fsp3) is 0.571. The number of hydrogen-bond acceptors (Lipinski definition) is 3. The van der Waals surface area contributed by atoms with Gasteiger partial charge in [-0.3, -0.25) is 0 Å². The molecule has 0 saturated heterocycles. The molecule has 0 aliphatic carbocycles. The number of halogens is 1. The van der Waals surface area contributed by atoms with Crippen molar-refractivity contribution in [3.8, 4) is 5.75 Å². The lowest BCUT2D eigenvalue weighted by molar-refractivity contribution is -0.0270. The van der Waals surface area contributed by atoms with Gasteiger partial charge >= 0.3 is 0 Å². The molecular weight excluding hydrogens is 294 g/mol. The highest BCUT2D eigenvalue weighted by molar-refractivity contribution is 9.10. The van der Waals surface area contributed by atoms with E-state index in [0.717, 1.165) is 22.3 Å². The van der Waals surface area contributed by atoms with Gasteiger partial charge in [0, 0.05) is 12.1 Å². The average Bonchev–Trinajstić information content (AvgIpc) is 2.28. The van der Waals surface area contributed by atoms with Crippen LogP contribution in [0.5, 0.6) is 5.75 Å². The van der Waals surface area contributed by atoms with Gasteiger partial charge in [-0.25, -0.2) is 0 Å². The van der Waals surface area contributed by atoms with Crippen LogP contribution in [-0.2, 0) is 6.54 Å². The van der Waals surface area contributed by atoms with Crippen molar-refractivity contribution in [1.29, 1.82) is 0 Å². The smallest absolute Gasteiger partial charge is 0.138 e. The first kappa shape index (κ1) is 15.5. The second-order valence-electron chi connectivity index (χ2n) is 5.06. The molecule has 1 rings (SSSR count).